The van der Waals surface area contributed by atoms with E-state index in [4.69, 9.17) is 5.11 Å². The van der Waals surface area contributed by atoms with Gasteiger partial charge in [0.25, 0.3) is 0 Å². The van der Waals surface area contributed by atoms with Gasteiger partial charge in [-0.25, -0.2) is 4.79 Å². The summed E-state index contributed by atoms with van der Waals surface area (Å²) in [6.07, 6.45) is -1.91. The van der Waals surface area contributed by atoms with Gasteiger partial charge in [0.1, 0.15) is 11.0 Å². The molecule has 4 nitrogen and oxygen atoms in total. The summed E-state index contributed by atoms with van der Waals surface area (Å²) in [5.74, 6) is -1.97. The number of carbonyl (C=O) groups is 2. The third kappa shape index (κ3) is 3.14. The molecule has 2 N–H and O–H groups in total. The highest BCUT2D eigenvalue weighted by atomic mass is 19.4. The molecule has 7 heteroatoms. The van der Waals surface area contributed by atoms with Gasteiger partial charge < -0.3 is 10.2 Å². The first-order valence-electron chi connectivity index (χ1n) is 6.44. The molecule has 1 rings (SSSR count). The molecule has 0 saturated heterocycles. The van der Waals surface area contributed by atoms with Crippen molar-refractivity contribution < 1.29 is 33.0 Å². The van der Waals surface area contributed by atoms with E-state index in [1.54, 1.807) is 0 Å². The van der Waals surface area contributed by atoms with E-state index in [0.717, 1.165) is 31.2 Å². The van der Waals surface area contributed by atoms with Crippen LogP contribution in [-0.2, 0) is 9.59 Å². The fraction of sp³-hybridized carbons (Fsp3) is 0.467. The zero-order valence-electron chi connectivity index (χ0n) is 12.4. The van der Waals surface area contributed by atoms with E-state index < -0.39 is 35.4 Å². The number of carboxylic acid groups (broad SMARTS) is 1. The summed E-state index contributed by atoms with van der Waals surface area (Å²) < 4.78 is 40.3. The molecule has 0 bridgehead atoms. The van der Waals surface area contributed by atoms with Gasteiger partial charge in [0.2, 0.25) is 0 Å². The van der Waals surface area contributed by atoms with Crippen LogP contribution in [0.3, 0.4) is 0 Å². The van der Waals surface area contributed by atoms with E-state index in [1.165, 1.54) is 13.8 Å². The van der Waals surface area contributed by atoms with Crippen LogP contribution in [0.5, 0.6) is 0 Å². The molecule has 0 aromatic rings. The largest absolute Gasteiger partial charge is 0.478 e. The van der Waals surface area contributed by atoms with Gasteiger partial charge in [-0.2, -0.15) is 13.2 Å². The topological polar surface area (TPSA) is 74.6 Å². The van der Waals surface area contributed by atoms with Crippen LogP contribution in [0.4, 0.5) is 13.2 Å². The van der Waals surface area contributed by atoms with Gasteiger partial charge in [-0.05, 0) is 44.1 Å². The van der Waals surface area contributed by atoms with Crippen molar-refractivity contribution in [2.45, 2.75) is 39.0 Å². The quantitative estimate of drug-likeness (QED) is 0.620. The zero-order chi connectivity index (χ0) is 17.3. The molecule has 0 aromatic carbocycles. The first kappa shape index (κ1) is 18.2. The number of hydrogen-bond acceptors (Lipinski definition) is 3. The number of hydrogen-bond donors (Lipinski definition) is 2. The minimum Gasteiger partial charge on any atom is -0.478 e. The number of rotatable bonds is 3. The van der Waals surface area contributed by atoms with Crippen molar-refractivity contribution in [1.82, 2.24) is 0 Å². The molecule has 0 radical (unpaired) electrons. The number of aliphatic carboxylic acids is 1. The van der Waals surface area contributed by atoms with Crippen LogP contribution in [-0.4, -0.2) is 33.7 Å². The molecule has 122 valence electrons. The lowest BCUT2D eigenvalue weighted by atomic mass is 9.62. The maximum atomic E-state index is 13.4. The summed E-state index contributed by atoms with van der Waals surface area (Å²) in [6.45, 7) is 3.40. The monoisotopic (exact) mass is 318 g/mol. The lowest BCUT2D eigenvalue weighted by molar-refractivity contribution is -0.261. The molecule has 0 fully saturated rings. The second kappa shape index (κ2) is 5.72. The summed E-state index contributed by atoms with van der Waals surface area (Å²) in [4.78, 5) is 22.0. The summed E-state index contributed by atoms with van der Waals surface area (Å²) in [7, 11) is 0. The summed E-state index contributed by atoms with van der Waals surface area (Å²) in [5, 5.41) is 19.2. The van der Waals surface area contributed by atoms with E-state index in [9.17, 15) is 27.9 Å². The molecular formula is C15H17F3O4. The number of halogens is 3. The molecule has 22 heavy (non-hydrogen) atoms. The summed E-state index contributed by atoms with van der Waals surface area (Å²) in [6, 6.07) is 0. The van der Waals surface area contributed by atoms with Gasteiger partial charge in [-0.15, -0.1) is 0 Å². The van der Waals surface area contributed by atoms with Crippen LogP contribution in [0.2, 0.25) is 0 Å². The smallest absolute Gasteiger partial charge is 0.398 e. The minimum atomic E-state index is -4.82. The Hall–Kier alpha value is -1.89. The third-order valence-corrected chi connectivity index (χ3v) is 3.91. The molecule has 0 saturated carbocycles. The average Bonchev–Trinajstić information content (AvgIpc) is 2.31. The highest BCUT2D eigenvalue weighted by Gasteiger charge is 2.64. The maximum absolute atomic E-state index is 13.4. The van der Waals surface area contributed by atoms with Crippen LogP contribution < -0.4 is 0 Å². The molecule has 0 aromatic heterocycles. The van der Waals surface area contributed by atoms with Gasteiger partial charge in [0, 0.05) is 12.5 Å². The lowest BCUT2D eigenvalue weighted by Gasteiger charge is -2.46. The Kier molecular flexibility index (Phi) is 4.72. The van der Waals surface area contributed by atoms with Gasteiger partial charge in [-0.3, -0.25) is 4.79 Å². The Labute approximate surface area is 125 Å². The van der Waals surface area contributed by atoms with Gasteiger partial charge in [-0.1, -0.05) is 6.08 Å². The molecule has 0 heterocycles. The van der Waals surface area contributed by atoms with E-state index in [-0.39, 0.29) is 11.1 Å². The van der Waals surface area contributed by atoms with Crippen molar-refractivity contribution in [1.29, 1.82) is 0 Å². The molecular weight excluding hydrogens is 301 g/mol. The summed E-state index contributed by atoms with van der Waals surface area (Å²) in [5.41, 5.74) is -5.08. The standard InChI is InChI=1S/C15H17F3O4/c1-9(6-12(20)21)4-5-14(22)10(2)7-11(19)8-13(14,3)15(16,17)18/h4-7,22H,8H2,1-3H3,(H,20,21)/t13-,14+/m1/s1. The molecule has 0 aliphatic heterocycles. The number of alkyl halides is 3. The van der Waals surface area contributed by atoms with Gasteiger partial charge >= 0.3 is 12.1 Å². The Morgan fingerprint density at radius 2 is 1.95 bits per heavy atom. The van der Waals surface area contributed by atoms with Crippen LogP contribution in [0.1, 0.15) is 27.2 Å². The van der Waals surface area contributed by atoms with Crippen molar-refractivity contribution in [3.05, 3.63) is 35.5 Å². The molecule has 1 aliphatic carbocycles. The van der Waals surface area contributed by atoms with Crippen LogP contribution in [0.15, 0.2) is 35.5 Å². The van der Waals surface area contributed by atoms with Gasteiger partial charge in [0.15, 0.2) is 5.78 Å². The molecule has 2 atom stereocenters. The minimum absolute atomic E-state index is 0.136. The normalized spacial score (nSPS) is 30.6. The average molecular weight is 318 g/mol. The Bertz CT molecular complexity index is 586. The number of aliphatic hydroxyl groups is 1. The fourth-order valence-corrected chi connectivity index (χ4v) is 2.45. The Morgan fingerprint density at radius 1 is 1.41 bits per heavy atom. The van der Waals surface area contributed by atoms with Crippen molar-refractivity contribution >= 4 is 11.8 Å². The van der Waals surface area contributed by atoms with Crippen molar-refractivity contribution in [3.8, 4) is 0 Å². The predicted octanol–water partition coefficient (Wildman–Crippen LogP) is 2.79. The first-order chi connectivity index (χ1) is 9.83. The lowest BCUT2D eigenvalue weighted by Crippen LogP contribution is -2.57. The van der Waals surface area contributed by atoms with Crippen molar-refractivity contribution in [2.75, 3.05) is 0 Å². The second-order valence-electron chi connectivity index (χ2n) is 5.63. The third-order valence-electron chi connectivity index (χ3n) is 3.91. The SMILES string of the molecule is CC(C=C[C@]1(O)C(C)=CC(=O)C[C@@]1(C)C(F)(F)F)=CC(=O)O. The van der Waals surface area contributed by atoms with Gasteiger partial charge in [0.05, 0.1) is 0 Å². The highest BCUT2D eigenvalue weighted by molar-refractivity contribution is 5.93. The van der Waals surface area contributed by atoms with Crippen LogP contribution in [0, 0.1) is 5.41 Å². The highest BCUT2D eigenvalue weighted by Crippen LogP contribution is 2.54. The van der Waals surface area contributed by atoms with Crippen molar-refractivity contribution in [3.63, 3.8) is 0 Å². The molecule has 1 aliphatic rings. The first-order valence-corrected chi connectivity index (χ1v) is 6.44. The Morgan fingerprint density at radius 3 is 2.41 bits per heavy atom. The van der Waals surface area contributed by atoms with Crippen molar-refractivity contribution in [2.24, 2.45) is 5.41 Å². The Balaban J connectivity index is 3.41. The number of ketones is 1. The number of allylic oxidation sites excluding steroid dienone is 3. The molecule has 0 spiro atoms. The molecule has 0 unspecified atom stereocenters. The fourth-order valence-electron chi connectivity index (χ4n) is 2.45. The van der Waals surface area contributed by atoms with Crippen LogP contribution in [0.25, 0.3) is 0 Å². The summed E-state index contributed by atoms with van der Waals surface area (Å²) >= 11 is 0. The second-order valence-corrected chi connectivity index (χ2v) is 5.63. The predicted molar refractivity (Wildman–Crippen MR) is 73.0 cm³/mol. The van der Waals surface area contributed by atoms with E-state index in [1.807, 2.05) is 0 Å². The van der Waals surface area contributed by atoms with E-state index in [0.29, 0.717) is 0 Å². The zero-order valence-corrected chi connectivity index (χ0v) is 12.4. The maximum Gasteiger partial charge on any atom is 0.398 e. The van der Waals surface area contributed by atoms with Crippen LogP contribution >= 0.6 is 0 Å². The van der Waals surface area contributed by atoms with E-state index >= 15 is 0 Å². The molecule has 0 amide bonds. The number of carbonyl (C=O) groups excluding carboxylic acids is 1. The van der Waals surface area contributed by atoms with E-state index in [2.05, 4.69) is 0 Å². The number of carboxylic acids is 1.